The van der Waals surface area contributed by atoms with E-state index in [2.05, 4.69) is 13.8 Å². The third kappa shape index (κ3) is 3.43. The zero-order valence-corrected chi connectivity index (χ0v) is 29.0. The van der Waals surface area contributed by atoms with Crippen LogP contribution in [0.15, 0.2) is 16.7 Å². The average molecular weight is 665 g/mol. The van der Waals surface area contributed by atoms with Crippen molar-refractivity contribution in [2.75, 3.05) is 6.61 Å². The van der Waals surface area contributed by atoms with Crippen molar-refractivity contribution in [2.45, 2.75) is 153 Å². The Morgan fingerprint density at radius 2 is 1.67 bits per heavy atom. The van der Waals surface area contributed by atoms with Gasteiger partial charge in [0.05, 0.1) is 29.3 Å². The van der Waals surface area contributed by atoms with E-state index in [1.807, 2.05) is 19.9 Å². The third-order valence-electron chi connectivity index (χ3n) is 15.4. The van der Waals surface area contributed by atoms with E-state index in [-0.39, 0.29) is 30.2 Å². The number of furan rings is 1. The molecule has 0 bridgehead atoms. The van der Waals surface area contributed by atoms with Gasteiger partial charge in [0.1, 0.15) is 30.2 Å². The zero-order valence-electron chi connectivity index (χ0n) is 29.0. The van der Waals surface area contributed by atoms with Gasteiger partial charge in [0.15, 0.2) is 11.9 Å². The first-order valence-corrected chi connectivity index (χ1v) is 19.0. The highest BCUT2D eigenvalue weighted by Crippen LogP contribution is 2.83. The van der Waals surface area contributed by atoms with E-state index < -0.39 is 69.2 Å². The minimum atomic E-state index is -1.34. The molecular formula is C39H52O9. The van der Waals surface area contributed by atoms with Crippen molar-refractivity contribution in [3.05, 3.63) is 23.7 Å². The van der Waals surface area contributed by atoms with Crippen molar-refractivity contribution in [1.82, 2.24) is 0 Å². The molecule has 1 aromatic rings. The Balaban J connectivity index is 1.26. The number of aryl methyl sites for hydroxylation is 1. The summed E-state index contributed by atoms with van der Waals surface area (Å²) in [4.78, 5) is 43.2. The molecule has 1 aromatic heterocycles. The first kappa shape index (κ1) is 31.7. The Morgan fingerprint density at radius 3 is 2.40 bits per heavy atom. The number of ether oxygens (including phenoxy) is 4. The standard InChI is InChI=1S/C39H52O9/c1-5-6-7-14-24-23(16-20-44-24)29-35(4)19-15-25-37-21-45-33(43)36(17-10-11-18-36)32(37)48-34(2,3)27(37)26(40)28(41)38(25,22-12-8-9-13-22)39(35)30(47-39)31(42)46-29/h16,20,22,25,27-30,32,41H,5-15,17-19,21H2,1-4H3. The van der Waals surface area contributed by atoms with Gasteiger partial charge in [0, 0.05) is 28.2 Å². The maximum absolute atomic E-state index is 15.2. The minimum Gasteiger partial charge on any atom is -0.469 e. The fraction of sp³-hybridized carbons (Fsp3) is 0.821. The number of cyclic esters (lactones) is 2. The largest absolute Gasteiger partial charge is 0.469 e. The summed E-state index contributed by atoms with van der Waals surface area (Å²) in [5.74, 6) is -0.946. The van der Waals surface area contributed by atoms with Crippen molar-refractivity contribution in [1.29, 1.82) is 0 Å². The summed E-state index contributed by atoms with van der Waals surface area (Å²) in [7, 11) is 0. The number of unbranched alkanes of at least 4 members (excludes halogenated alkanes) is 2. The molecule has 5 heterocycles. The summed E-state index contributed by atoms with van der Waals surface area (Å²) >= 11 is 0. The molecule has 4 saturated heterocycles. The highest BCUT2D eigenvalue weighted by molar-refractivity contribution is 5.92. The van der Waals surface area contributed by atoms with Crippen LogP contribution in [0.1, 0.15) is 129 Å². The maximum atomic E-state index is 15.2. The number of epoxide rings is 1. The SMILES string of the molecule is CCCCCc1occc1C1OC(=O)C2OC23C1(C)CCC1C24COC(=O)C5(CCCC5)C2OC(C)(C)C4C(=O)C(O)C13C1CCCC1. The van der Waals surface area contributed by atoms with Crippen LogP contribution in [0.3, 0.4) is 0 Å². The molecule has 48 heavy (non-hydrogen) atoms. The normalized spacial score (nSPS) is 46.7. The lowest BCUT2D eigenvalue weighted by Gasteiger charge is -2.70. The lowest BCUT2D eigenvalue weighted by Crippen LogP contribution is -2.79. The number of hydrogen-bond acceptors (Lipinski definition) is 9. The highest BCUT2D eigenvalue weighted by Gasteiger charge is 2.93. The van der Waals surface area contributed by atoms with Crippen LogP contribution in [0.4, 0.5) is 0 Å². The zero-order chi connectivity index (χ0) is 33.5. The number of Topliss-reactive ketones (excluding diaryl/α,β-unsaturated/α-hetero) is 1. The van der Waals surface area contributed by atoms with E-state index in [4.69, 9.17) is 23.4 Å². The summed E-state index contributed by atoms with van der Waals surface area (Å²) in [5.41, 5.74) is -4.56. The number of esters is 2. The average Bonchev–Trinajstić information content (AvgIpc) is 3.55. The molecule has 4 aliphatic heterocycles. The van der Waals surface area contributed by atoms with Gasteiger partial charge in [-0.2, -0.15) is 0 Å². The number of ketones is 1. The maximum Gasteiger partial charge on any atom is 0.339 e. The number of carbonyl (C=O) groups is 3. The van der Waals surface area contributed by atoms with Crippen LogP contribution in [0.5, 0.6) is 0 Å². The van der Waals surface area contributed by atoms with Gasteiger partial charge in [-0.1, -0.05) is 52.4 Å². The van der Waals surface area contributed by atoms with Gasteiger partial charge in [0.25, 0.3) is 0 Å². The summed E-state index contributed by atoms with van der Waals surface area (Å²) < 4.78 is 32.7. The van der Waals surface area contributed by atoms with Crippen LogP contribution >= 0.6 is 0 Å². The van der Waals surface area contributed by atoms with Gasteiger partial charge in [-0.3, -0.25) is 9.59 Å². The number of aliphatic hydroxyl groups is 1. The molecule has 10 atom stereocenters. The molecule has 0 radical (unpaired) electrons. The molecule has 8 aliphatic rings. The summed E-state index contributed by atoms with van der Waals surface area (Å²) in [6.07, 6.45) is 10.5. The van der Waals surface area contributed by atoms with Gasteiger partial charge in [0.2, 0.25) is 0 Å². The van der Waals surface area contributed by atoms with Crippen LogP contribution in [-0.4, -0.2) is 58.9 Å². The fourth-order valence-electron chi connectivity index (χ4n) is 13.9. The quantitative estimate of drug-likeness (QED) is 0.216. The predicted molar refractivity (Wildman–Crippen MR) is 171 cm³/mol. The second-order valence-corrected chi connectivity index (χ2v) is 17.6. The van der Waals surface area contributed by atoms with Gasteiger partial charge in [-0.15, -0.1) is 0 Å². The summed E-state index contributed by atoms with van der Waals surface area (Å²) in [6.45, 7) is 8.37. The Morgan fingerprint density at radius 1 is 0.917 bits per heavy atom. The lowest BCUT2D eigenvalue weighted by atomic mass is 9.32. The second-order valence-electron chi connectivity index (χ2n) is 17.6. The van der Waals surface area contributed by atoms with E-state index in [0.29, 0.717) is 25.7 Å². The van der Waals surface area contributed by atoms with E-state index in [9.17, 15) is 14.7 Å². The van der Waals surface area contributed by atoms with Crippen LogP contribution in [0.25, 0.3) is 0 Å². The second kappa shape index (κ2) is 10.2. The number of carbonyl (C=O) groups excluding carboxylic acids is 3. The molecule has 9 nitrogen and oxygen atoms in total. The molecule has 0 amide bonds. The number of fused-ring (bicyclic) bond motifs is 2. The highest BCUT2D eigenvalue weighted by atomic mass is 16.7. The molecule has 3 spiro atoms. The molecule has 8 fully saturated rings. The monoisotopic (exact) mass is 664 g/mol. The molecule has 9 rings (SSSR count). The predicted octanol–water partition coefficient (Wildman–Crippen LogP) is 6.18. The minimum absolute atomic E-state index is 0.0390. The van der Waals surface area contributed by atoms with Crippen molar-refractivity contribution in [3.8, 4) is 0 Å². The Hall–Kier alpha value is -2.23. The van der Waals surface area contributed by atoms with Crippen molar-refractivity contribution in [2.24, 2.45) is 39.4 Å². The molecule has 1 N–H and O–H groups in total. The number of hydrogen-bond donors (Lipinski definition) is 1. The first-order valence-electron chi connectivity index (χ1n) is 19.0. The van der Waals surface area contributed by atoms with Crippen LogP contribution in [0, 0.1) is 39.4 Å². The van der Waals surface area contributed by atoms with Gasteiger partial charge >= 0.3 is 11.9 Å². The van der Waals surface area contributed by atoms with Crippen LogP contribution in [0.2, 0.25) is 0 Å². The van der Waals surface area contributed by atoms with Gasteiger partial charge in [-0.05, 0) is 76.7 Å². The van der Waals surface area contributed by atoms with Crippen LogP contribution < -0.4 is 0 Å². The molecule has 262 valence electrons. The summed E-state index contributed by atoms with van der Waals surface area (Å²) in [5, 5.41) is 12.9. The van der Waals surface area contributed by atoms with E-state index in [0.717, 1.165) is 75.5 Å². The Labute approximate surface area is 283 Å². The van der Waals surface area contributed by atoms with Crippen molar-refractivity contribution < 1.29 is 42.9 Å². The molecule has 4 saturated carbocycles. The Kier molecular flexibility index (Phi) is 6.73. The van der Waals surface area contributed by atoms with Crippen molar-refractivity contribution >= 4 is 17.7 Å². The number of rotatable bonds is 6. The third-order valence-corrected chi connectivity index (χ3v) is 15.4. The smallest absolute Gasteiger partial charge is 0.339 e. The first-order chi connectivity index (χ1) is 23.0. The Bertz CT molecular complexity index is 1530. The molecule has 10 unspecified atom stereocenters. The number of aliphatic hydroxyl groups excluding tert-OH is 1. The van der Waals surface area contributed by atoms with E-state index in [1.165, 1.54) is 0 Å². The van der Waals surface area contributed by atoms with Crippen molar-refractivity contribution in [3.63, 3.8) is 0 Å². The molecule has 4 aliphatic carbocycles. The van der Waals surface area contributed by atoms with E-state index >= 15 is 4.79 Å². The summed E-state index contributed by atoms with van der Waals surface area (Å²) in [6, 6.07) is 1.94. The fourth-order valence-corrected chi connectivity index (χ4v) is 13.9. The van der Waals surface area contributed by atoms with Crippen LogP contribution in [-0.2, 0) is 39.8 Å². The molecule has 0 aromatic carbocycles. The lowest BCUT2D eigenvalue weighted by molar-refractivity contribution is -0.282. The van der Waals surface area contributed by atoms with Gasteiger partial charge in [-0.25, -0.2) is 4.79 Å². The topological polar surface area (TPSA) is 125 Å². The molecular weight excluding hydrogens is 612 g/mol. The molecule has 9 heteroatoms. The van der Waals surface area contributed by atoms with E-state index in [1.54, 1.807) is 6.26 Å². The van der Waals surface area contributed by atoms with Gasteiger partial charge < -0.3 is 28.5 Å².